The first-order chi connectivity index (χ1) is 13.0. The molecule has 0 aliphatic carbocycles. The molecule has 6 heteroatoms. The van der Waals surface area contributed by atoms with Crippen LogP contribution in [-0.2, 0) is 20.9 Å². The molecular weight excluding hydrogens is 342 g/mol. The number of rotatable bonds is 8. The Bertz CT molecular complexity index is 789. The molecule has 0 radical (unpaired) electrons. The average Bonchev–Trinajstić information content (AvgIpc) is 2.70. The van der Waals surface area contributed by atoms with Crippen LogP contribution in [0.1, 0.15) is 18.1 Å². The van der Waals surface area contributed by atoms with Gasteiger partial charge in [0.15, 0.2) is 0 Å². The van der Waals surface area contributed by atoms with Gasteiger partial charge in [-0.25, -0.2) is 0 Å². The van der Waals surface area contributed by atoms with E-state index >= 15 is 0 Å². The van der Waals surface area contributed by atoms with Crippen LogP contribution in [0.25, 0.3) is 6.08 Å². The summed E-state index contributed by atoms with van der Waals surface area (Å²) in [6.07, 6.45) is 3.03. The van der Waals surface area contributed by atoms with Gasteiger partial charge in [-0.15, -0.1) is 0 Å². The Morgan fingerprint density at radius 3 is 2.22 bits per heavy atom. The highest BCUT2D eigenvalue weighted by molar-refractivity contribution is 5.96. The predicted octanol–water partition coefficient (Wildman–Crippen LogP) is 1.64. The van der Waals surface area contributed by atoms with Crippen molar-refractivity contribution in [1.29, 1.82) is 0 Å². The summed E-state index contributed by atoms with van der Waals surface area (Å²) >= 11 is 0. The first-order valence-corrected chi connectivity index (χ1v) is 8.66. The molecule has 2 rings (SSSR count). The maximum atomic E-state index is 12.0. The SMILES string of the molecule is CC(NC(=O)C=Cc1ccccc1)C(=O)NCC(=O)NCc1ccccc1. The van der Waals surface area contributed by atoms with Gasteiger partial charge in [0.1, 0.15) is 6.04 Å². The van der Waals surface area contributed by atoms with Crippen molar-refractivity contribution in [3.05, 3.63) is 77.9 Å². The zero-order valence-corrected chi connectivity index (χ0v) is 15.1. The molecule has 3 N–H and O–H groups in total. The summed E-state index contributed by atoms with van der Waals surface area (Å²) in [7, 11) is 0. The summed E-state index contributed by atoms with van der Waals surface area (Å²) in [6, 6.07) is 18.1. The Kier molecular flexibility index (Phi) is 7.78. The average molecular weight is 365 g/mol. The van der Waals surface area contributed by atoms with Crippen LogP contribution in [0.2, 0.25) is 0 Å². The first-order valence-electron chi connectivity index (χ1n) is 8.66. The molecule has 3 amide bonds. The van der Waals surface area contributed by atoms with E-state index in [-0.39, 0.29) is 18.4 Å². The minimum atomic E-state index is -0.750. The van der Waals surface area contributed by atoms with Gasteiger partial charge in [-0.05, 0) is 24.1 Å². The van der Waals surface area contributed by atoms with Crippen molar-refractivity contribution in [2.24, 2.45) is 0 Å². The van der Waals surface area contributed by atoms with Crippen LogP contribution >= 0.6 is 0 Å². The molecule has 0 aliphatic rings. The van der Waals surface area contributed by atoms with Gasteiger partial charge in [-0.2, -0.15) is 0 Å². The number of carbonyl (C=O) groups is 3. The topological polar surface area (TPSA) is 87.3 Å². The second kappa shape index (κ2) is 10.6. The highest BCUT2D eigenvalue weighted by Gasteiger charge is 2.15. The number of nitrogens with one attached hydrogen (secondary N) is 3. The third-order valence-electron chi connectivity index (χ3n) is 3.73. The fraction of sp³-hybridized carbons (Fsp3) is 0.190. The highest BCUT2D eigenvalue weighted by atomic mass is 16.2. The van der Waals surface area contributed by atoms with Gasteiger partial charge in [0, 0.05) is 12.6 Å². The van der Waals surface area contributed by atoms with Crippen molar-refractivity contribution in [1.82, 2.24) is 16.0 Å². The van der Waals surface area contributed by atoms with Crippen molar-refractivity contribution in [2.75, 3.05) is 6.54 Å². The number of carbonyl (C=O) groups excluding carboxylic acids is 3. The molecule has 6 nitrogen and oxygen atoms in total. The lowest BCUT2D eigenvalue weighted by molar-refractivity contribution is -0.128. The van der Waals surface area contributed by atoms with E-state index in [2.05, 4.69) is 16.0 Å². The maximum Gasteiger partial charge on any atom is 0.244 e. The second-order valence-electron chi connectivity index (χ2n) is 5.95. The lowest BCUT2D eigenvalue weighted by Gasteiger charge is -2.13. The standard InChI is InChI=1S/C21H23N3O3/c1-16(24-19(25)13-12-17-8-4-2-5-9-17)21(27)23-15-20(26)22-14-18-10-6-3-7-11-18/h2-13,16H,14-15H2,1H3,(H,22,26)(H,23,27)(H,24,25). The van der Waals surface area contributed by atoms with Crippen molar-refractivity contribution in [3.63, 3.8) is 0 Å². The minimum Gasteiger partial charge on any atom is -0.350 e. The van der Waals surface area contributed by atoms with Gasteiger partial charge >= 0.3 is 0 Å². The minimum absolute atomic E-state index is 0.147. The molecule has 1 unspecified atom stereocenters. The fourth-order valence-electron chi connectivity index (χ4n) is 2.24. The van der Waals surface area contributed by atoms with E-state index in [0.29, 0.717) is 6.54 Å². The van der Waals surface area contributed by atoms with Crippen molar-refractivity contribution in [2.45, 2.75) is 19.5 Å². The molecule has 0 fully saturated rings. The number of amides is 3. The van der Waals surface area contributed by atoms with Crippen LogP contribution in [0.4, 0.5) is 0 Å². The highest BCUT2D eigenvalue weighted by Crippen LogP contribution is 2.00. The van der Waals surface area contributed by atoms with E-state index in [1.165, 1.54) is 6.08 Å². The predicted molar refractivity (Wildman–Crippen MR) is 104 cm³/mol. The van der Waals surface area contributed by atoms with E-state index in [9.17, 15) is 14.4 Å². The van der Waals surface area contributed by atoms with Gasteiger partial charge < -0.3 is 16.0 Å². The van der Waals surface area contributed by atoms with E-state index < -0.39 is 11.9 Å². The Hall–Kier alpha value is -3.41. The molecular formula is C21H23N3O3. The van der Waals surface area contributed by atoms with Crippen molar-refractivity contribution < 1.29 is 14.4 Å². The van der Waals surface area contributed by atoms with Gasteiger partial charge in [-0.1, -0.05) is 60.7 Å². The van der Waals surface area contributed by atoms with Crippen LogP contribution < -0.4 is 16.0 Å². The van der Waals surface area contributed by atoms with Gasteiger partial charge in [0.2, 0.25) is 17.7 Å². The number of hydrogen-bond donors (Lipinski definition) is 3. The second-order valence-corrected chi connectivity index (χ2v) is 5.95. The Labute approximate surface area is 158 Å². The molecule has 2 aromatic rings. The van der Waals surface area contributed by atoms with Crippen LogP contribution in [0.3, 0.4) is 0 Å². The maximum absolute atomic E-state index is 12.0. The first kappa shape index (κ1) is 19.9. The zero-order valence-electron chi connectivity index (χ0n) is 15.1. The summed E-state index contributed by atoms with van der Waals surface area (Å²) in [6.45, 7) is 1.81. The molecule has 140 valence electrons. The van der Waals surface area contributed by atoms with E-state index in [0.717, 1.165) is 11.1 Å². The van der Waals surface area contributed by atoms with E-state index in [4.69, 9.17) is 0 Å². The van der Waals surface area contributed by atoms with Crippen LogP contribution in [0.5, 0.6) is 0 Å². The van der Waals surface area contributed by atoms with Crippen molar-refractivity contribution >= 4 is 23.8 Å². The fourth-order valence-corrected chi connectivity index (χ4v) is 2.24. The molecule has 0 spiro atoms. The summed E-state index contributed by atoms with van der Waals surface area (Å²) < 4.78 is 0. The van der Waals surface area contributed by atoms with Crippen molar-refractivity contribution in [3.8, 4) is 0 Å². The largest absolute Gasteiger partial charge is 0.350 e. The third-order valence-corrected chi connectivity index (χ3v) is 3.73. The quantitative estimate of drug-likeness (QED) is 0.622. The molecule has 0 heterocycles. The van der Waals surface area contributed by atoms with E-state index in [1.807, 2.05) is 60.7 Å². The lowest BCUT2D eigenvalue weighted by atomic mass is 10.2. The molecule has 0 aromatic heterocycles. The van der Waals surface area contributed by atoms with Gasteiger partial charge in [0.05, 0.1) is 6.54 Å². The molecule has 1 atom stereocenters. The molecule has 2 aromatic carbocycles. The molecule has 27 heavy (non-hydrogen) atoms. The summed E-state index contributed by atoms with van der Waals surface area (Å²) in [4.78, 5) is 35.7. The summed E-state index contributed by atoms with van der Waals surface area (Å²) in [5.41, 5.74) is 1.86. The van der Waals surface area contributed by atoms with Crippen LogP contribution in [0.15, 0.2) is 66.7 Å². The Balaban J connectivity index is 1.69. The zero-order chi connectivity index (χ0) is 19.5. The number of hydrogen-bond acceptors (Lipinski definition) is 3. The number of benzene rings is 2. The smallest absolute Gasteiger partial charge is 0.244 e. The molecule has 0 bridgehead atoms. The molecule has 0 saturated heterocycles. The van der Waals surface area contributed by atoms with Crippen LogP contribution in [0, 0.1) is 0 Å². The van der Waals surface area contributed by atoms with Gasteiger partial charge in [0.25, 0.3) is 0 Å². The monoisotopic (exact) mass is 365 g/mol. The Morgan fingerprint density at radius 2 is 1.56 bits per heavy atom. The Morgan fingerprint density at radius 1 is 0.926 bits per heavy atom. The normalized spacial score (nSPS) is 11.6. The summed E-state index contributed by atoms with van der Waals surface area (Å²) in [5.74, 6) is -1.10. The van der Waals surface area contributed by atoms with Gasteiger partial charge in [-0.3, -0.25) is 14.4 Å². The summed E-state index contributed by atoms with van der Waals surface area (Å²) in [5, 5.41) is 7.79. The van der Waals surface area contributed by atoms with Crippen LogP contribution in [-0.4, -0.2) is 30.3 Å². The molecule has 0 aliphatic heterocycles. The molecule has 0 saturated carbocycles. The van der Waals surface area contributed by atoms with E-state index in [1.54, 1.807) is 13.0 Å². The lowest BCUT2D eigenvalue weighted by Crippen LogP contribution is -2.47. The third kappa shape index (κ3) is 7.56.